The second-order valence-corrected chi connectivity index (χ2v) is 5.61. The Bertz CT molecular complexity index is 808. The highest BCUT2D eigenvalue weighted by Crippen LogP contribution is 2.28. The van der Waals surface area contributed by atoms with Gasteiger partial charge in [-0.25, -0.2) is 4.39 Å². The monoisotopic (exact) mass is 351 g/mol. The van der Waals surface area contributed by atoms with Crippen LogP contribution in [0.4, 0.5) is 4.39 Å². The lowest BCUT2D eigenvalue weighted by atomic mass is 10.0. The predicted octanol–water partition coefficient (Wildman–Crippen LogP) is 4.95. The Kier molecular flexibility index (Phi) is 3.36. The number of fused-ring (bicyclic) bond motifs is 1. The third-order valence-corrected chi connectivity index (χ3v) is 3.97. The molecule has 0 radical (unpaired) electrons. The fourth-order valence-electron chi connectivity index (χ4n) is 2.14. The Balaban J connectivity index is 2.18. The van der Waals surface area contributed by atoms with E-state index in [9.17, 15) is 9.18 Å². The van der Waals surface area contributed by atoms with Crippen molar-refractivity contribution >= 4 is 44.2 Å². The smallest absolute Gasteiger partial charge is 0.199 e. The van der Waals surface area contributed by atoms with E-state index in [0.717, 1.165) is 10.9 Å². The van der Waals surface area contributed by atoms with E-state index in [1.165, 1.54) is 6.07 Å². The molecule has 0 aliphatic heterocycles. The van der Waals surface area contributed by atoms with Gasteiger partial charge in [-0.2, -0.15) is 0 Å². The number of carbonyl (C=O) groups excluding carboxylic acids is 1. The van der Waals surface area contributed by atoms with E-state index in [2.05, 4.69) is 20.9 Å². The molecule has 20 heavy (non-hydrogen) atoms. The molecule has 1 aromatic heterocycles. The molecule has 3 rings (SSSR count). The van der Waals surface area contributed by atoms with Crippen LogP contribution in [0.2, 0.25) is 5.02 Å². The van der Waals surface area contributed by atoms with Crippen LogP contribution in [0, 0.1) is 5.82 Å². The lowest BCUT2D eigenvalue weighted by Gasteiger charge is -2.04. The highest BCUT2D eigenvalue weighted by Gasteiger charge is 2.20. The van der Waals surface area contributed by atoms with E-state index in [4.69, 9.17) is 11.6 Å². The van der Waals surface area contributed by atoms with Crippen LogP contribution < -0.4 is 0 Å². The number of ketones is 1. The van der Waals surface area contributed by atoms with Gasteiger partial charge in [0.25, 0.3) is 0 Å². The van der Waals surface area contributed by atoms with Crippen LogP contribution >= 0.6 is 27.5 Å². The van der Waals surface area contributed by atoms with Crippen molar-refractivity contribution in [3.63, 3.8) is 0 Å². The van der Waals surface area contributed by atoms with Crippen molar-refractivity contribution in [2.45, 2.75) is 0 Å². The van der Waals surface area contributed by atoms with Crippen LogP contribution in [0.3, 0.4) is 0 Å². The molecule has 100 valence electrons. The molecule has 0 saturated carbocycles. The molecule has 3 aromatic rings. The van der Waals surface area contributed by atoms with Crippen LogP contribution in [0.15, 0.2) is 47.1 Å². The SMILES string of the molecule is O=C(c1c(F)cccc1Br)c1c[nH]c2cc(Cl)ccc12. The standard InChI is InChI=1S/C15H8BrClFNO/c16-11-2-1-3-12(18)14(11)15(20)10-7-19-13-6-8(17)4-5-9(10)13/h1-7,19H. The number of hydrogen-bond acceptors (Lipinski definition) is 1. The van der Waals surface area contributed by atoms with Crippen molar-refractivity contribution in [2.24, 2.45) is 0 Å². The van der Waals surface area contributed by atoms with Crippen molar-refractivity contribution in [3.8, 4) is 0 Å². The maximum atomic E-state index is 13.9. The predicted molar refractivity (Wildman–Crippen MR) is 80.8 cm³/mol. The van der Waals surface area contributed by atoms with Crippen molar-refractivity contribution in [3.05, 3.63) is 69.0 Å². The third-order valence-electron chi connectivity index (χ3n) is 3.08. The number of halogens is 3. The maximum Gasteiger partial charge on any atom is 0.199 e. The Labute approximate surface area is 127 Å². The van der Waals surface area contributed by atoms with Crippen molar-refractivity contribution in [2.75, 3.05) is 0 Å². The molecule has 0 saturated heterocycles. The number of nitrogens with one attached hydrogen (secondary N) is 1. The summed E-state index contributed by atoms with van der Waals surface area (Å²) in [6.45, 7) is 0. The highest BCUT2D eigenvalue weighted by atomic mass is 79.9. The minimum Gasteiger partial charge on any atom is -0.360 e. The third kappa shape index (κ3) is 2.15. The Morgan fingerprint density at radius 3 is 2.80 bits per heavy atom. The van der Waals surface area contributed by atoms with Crippen molar-refractivity contribution in [1.82, 2.24) is 4.98 Å². The lowest BCUT2D eigenvalue weighted by Crippen LogP contribution is -2.04. The topological polar surface area (TPSA) is 32.9 Å². The largest absolute Gasteiger partial charge is 0.360 e. The molecule has 0 amide bonds. The molecule has 0 spiro atoms. The Morgan fingerprint density at radius 1 is 1.25 bits per heavy atom. The molecule has 1 heterocycles. The van der Waals surface area contributed by atoms with Gasteiger partial charge in [0.15, 0.2) is 5.78 Å². The molecule has 0 bridgehead atoms. The number of aromatic amines is 1. The van der Waals surface area contributed by atoms with Crippen molar-refractivity contribution in [1.29, 1.82) is 0 Å². The normalized spacial score (nSPS) is 10.9. The number of benzene rings is 2. The maximum absolute atomic E-state index is 13.9. The van der Waals surface area contributed by atoms with Crippen LogP contribution in [-0.2, 0) is 0 Å². The Hall–Kier alpha value is -1.65. The molecule has 0 fully saturated rings. The van der Waals surface area contributed by atoms with Crippen LogP contribution in [0.1, 0.15) is 15.9 Å². The Morgan fingerprint density at radius 2 is 2.05 bits per heavy atom. The molecule has 2 aromatic carbocycles. The summed E-state index contributed by atoms with van der Waals surface area (Å²) in [7, 11) is 0. The molecular weight excluding hydrogens is 345 g/mol. The minimum atomic E-state index is -0.548. The summed E-state index contributed by atoms with van der Waals surface area (Å²) in [6.07, 6.45) is 1.57. The van der Waals surface area contributed by atoms with E-state index in [1.807, 2.05) is 0 Å². The summed E-state index contributed by atoms with van der Waals surface area (Å²) in [5.74, 6) is -0.920. The highest BCUT2D eigenvalue weighted by molar-refractivity contribution is 9.10. The molecule has 0 aliphatic carbocycles. The van der Waals surface area contributed by atoms with Gasteiger partial charge in [-0.1, -0.05) is 23.7 Å². The summed E-state index contributed by atoms with van der Waals surface area (Å²) in [6, 6.07) is 9.63. The van der Waals surface area contributed by atoms with E-state index in [0.29, 0.717) is 15.1 Å². The zero-order valence-electron chi connectivity index (χ0n) is 10.1. The van der Waals surface area contributed by atoms with Gasteiger partial charge in [0.2, 0.25) is 0 Å². The fourth-order valence-corrected chi connectivity index (χ4v) is 2.83. The number of carbonyl (C=O) groups is 1. The number of aromatic nitrogens is 1. The second kappa shape index (κ2) is 5.04. The van der Waals surface area contributed by atoms with Gasteiger partial charge in [0.05, 0.1) is 5.56 Å². The first-order chi connectivity index (χ1) is 9.58. The van der Waals surface area contributed by atoms with Gasteiger partial charge in [-0.15, -0.1) is 0 Å². The van der Waals surface area contributed by atoms with E-state index < -0.39 is 5.82 Å². The first-order valence-corrected chi connectivity index (χ1v) is 7.00. The summed E-state index contributed by atoms with van der Waals surface area (Å²) >= 11 is 9.12. The molecule has 0 atom stereocenters. The summed E-state index contributed by atoms with van der Waals surface area (Å²) < 4.78 is 14.3. The number of hydrogen-bond donors (Lipinski definition) is 1. The summed E-state index contributed by atoms with van der Waals surface area (Å²) in [4.78, 5) is 15.5. The van der Waals surface area contributed by atoms with Gasteiger partial charge in [-0.05, 0) is 40.2 Å². The first kappa shape index (κ1) is 13.3. The summed E-state index contributed by atoms with van der Waals surface area (Å²) in [5, 5.41) is 1.29. The van der Waals surface area contributed by atoms with E-state index in [-0.39, 0.29) is 11.3 Å². The molecular formula is C15H8BrClFNO. The zero-order valence-corrected chi connectivity index (χ0v) is 12.4. The summed E-state index contributed by atoms with van der Waals surface area (Å²) in [5.41, 5.74) is 1.19. The van der Waals surface area contributed by atoms with Gasteiger partial charge >= 0.3 is 0 Å². The molecule has 0 aliphatic rings. The minimum absolute atomic E-state index is 0.0309. The second-order valence-electron chi connectivity index (χ2n) is 4.32. The molecule has 2 nitrogen and oxygen atoms in total. The van der Waals surface area contributed by atoms with Crippen LogP contribution in [-0.4, -0.2) is 10.8 Å². The van der Waals surface area contributed by atoms with Crippen LogP contribution in [0.5, 0.6) is 0 Å². The van der Waals surface area contributed by atoms with Gasteiger partial charge in [0.1, 0.15) is 5.82 Å². The average Bonchev–Trinajstić information content (AvgIpc) is 2.81. The first-order valence-electron chi connectivity index (χ1n) is 5.83. The number of rotatable bonds is 2. The van der Waals surface area contributed by atoms with E-state index >= 15 is 0 Å². The molecule has 5 heteroatoms. The molecule has 1 N–H and O–H groups in total. The fraction of sp³-hybridized carbons (Fsp3) is 0. The van der Waals surface area contributed by atoms with Gasteiger partial charge < -0.3 is 4.98 Å². The average molecular weight is 353 g/mol. The van der Waals surface area contributed by atoms with Gasteiger partial charge in [0, 0.05) is 32.2 Å². The van der Waals surface area contributed by atoms with Gasteiger partial charge in [-0.3, -0.25) is 4.79 Å². The quantitative estimate of drug-likeness (QED) is 0.650. The van der Waals surface area contributed by atoms with Crippen LogP contribution in [0.25, 0.3) is 10.9 Å². The zero-order chi connectivity index (χ0) is 14.3. The lowest BCUT2D eigenvalue weighted by molar-refractivity contribution is 0.103. The van der Waals surface area contributed by atoms with Crippen molar-refractivity contribution < 1.29 is 9.18 Å². The van der Waals surface area contributed by atoms with E-state index in [1.54, 1.807) is 36.5 Å². The number of H-pyrrole nitrogens is 1. The molecule has 0 unspecified atom stereocenters.